The average molecular weight is 335 g/mol. The van der Waals surface area contributed by atoms with Crippen LogP contribution in [0, 0.1) is 0 Å². The van der Waals surface area contributed by atoms with Crippen LogP contribution in [0.1, 0.15) is 4.88 Å². The maximum atomic E-state index is 5.88. The van der Waals surface area contributed by atoms with Gasteiger partial charge in [0.15, 0.2) is 0 Å². The lowest BCUT2D eigenvalue weighted by Crippen LogP contribution is -1.88. The van der Waals surface area contributed by atoms with Crippen molar-refractivity contribution in [3.05, 3.63) is 44.0 Å². The van der Waals surface area contributed by atoms with E-state index in [-0.39, 0.29) is 0 Å². The standard InChI is InChI=1S/C11H9BrClNS2/c12-7-3-9(15-5-7)6-16-11-2-1-8(13)4-10(11)14/h1-5H,6,14H2. The summed E-state index contributed by atoms with van der Waals surface area (Å²) in [4.78, 5) is 2.40. The van der Waals surface area contributed by atoms with Gasteiger partial charge in [-0.3, -0.25) is 0 Å². The molecule has 5 heteroatoms. The van der Waals surface area contributed by atoms with Crippen LogP contribution in [0.25, 0.3) is 0 Å². The zero-order valence-electron chi connectivity index (χ0n) is 8.24. The first-order chi connectivity index (χ1) is 7.65. The van der Waals surface area contributed by atoms with Crippen LogP contribution in [-0.2, 0) is 5.75 Å². The number of thiophene rings is 1. The SMILES string of the molecule is Nc1cc(Cl)ccc1SCc1cc(Br)cs1. The highest BCUT2D eigenvalue weighted by Gasteiger charge is 2.03. The van der Waals surface area contributed by atoms with Crippen LogP contribution in [-0.4, -0.2) is 0 Å². The first kappa shape index (κ1) is 12.3. The Labute approximate surface area is 116 Å². The van der Waals surface area contributed by atoms with Gasteiger partial charge in [-0.25, -0.2) is 0 Å². The molecule has 0 amide bonds. The summed E-state index contributed by atoms with van der Waals surface area (Å²) >= 11 is 12.8. The quantitative estimate of drug-likeness (QED) is 0.628. The van der Waals surface area contributed by atoms with E-state index >= 15 is 0 Å². The van der Waals surface area contributed by atoms with Gasteiger partial charge in [-0.15, -0.1) is 23.1 Å². The molecule has 0 aliphatic rings. The number of rotatable bonds is 3. The van der Waals surface area contributed by atoms with Gasteiger partial charge in [0.2, 0.25) is 0 Å². The number of benzene rings is 1. The molecule has 0 atom stereocenters. The van der Waals surface area contributed by atoms with Gasteiger partial charge in [-0.05, 0) is 40.2 Å². The van der Waals surface area contributed by atoms with Crippen molar-refractivity contribution >= 4 is 56.3 Å². The minimum atomic E-state index is 0.681. The molecule has 1 aromatic heterocycles. The minimum Gasteiger partial charge on any atom is -0.398 e. The van der Waals surface area contributed by atoms with E-state index in [1.54, 1.807) is 29.2 Å². The van der Waals surface area contributed by atoms with Crippen molar-refractivity contribution in [1.29, 1.82) is 0 Å². The molecule has 16 heavy (non-hydrogen) atoms. The summed E-state index contributed by atoms with van der Waals surface area (Å²) in [7, 11) is 0. The van der Waals surface area contributed by atoms with Crippen molar-refractivity contribution in [1.82, 2.24) is 0 Å². The smallest absolute Gasteiger partial charge is 0.0467 e. The number of nitrogens with two attached hydrogens (primary N) is 1. The summed E-state index contributed by atoms with van der Waals surface area (Å²) in [6, 6.07) is 7.74. The summed E-state index contributed by atoms with van der Waals surface area (Å²) < 4.78 is 1.14. The number of halogens is 2. The van der Waals surface area contributed by atoms with Crippen LogP contribution in [0.3, 0.4) is 0 Å². The molecule has 84 valence electrons. The Balaban J connectivity index is 2.04. The second-order valence-corrected chi connectivity index (χ2v) is 6.57. The molecule has 0 fully saturated rings. The van der Waals surface area contributed by atoms with Crippen LogP contribution < -0.4 is 5.73 Å². The zero-order valence-corrected chi connectivity index (χ0v) is 12.2. The molecule has 0 bridgehead atoms. The topological polar surface area (TPSA) is 26.0 Å². The third kappa shape index (κ3) is 3.17. The molecule has 0 unspecified atom stereocenters. The van der Waals surface area contributed by atoms with Crippen molar-refractivity contribution in [2.45, 2.75) is 10.6 Å². The molecule has 0 aliphatic heterocycles. The van der Waals surface area contributed by atoms with Crippen LogP contribution in [0.2, 0.25) is 5.02 Å². The minimum absolute atomic E-state index is 0.681. The van der Waals surface area contributed by atoms with Gasteiger partial charge in [-0.1, -0.05) is 11.6 Å². The predicted octanol–water partition coefficient (Wildman–Crippen LogP) is 5.04. The summed E-state index contributed by atoms with van der Waals surface area (Å²) in [5.74, 6) is 0.933. The summed E-state index contributed by atoms with van der Waals surface area (Å²) in [6.07, 6.45) is 0. The summed E-state index contributed by atoms with van der Waals surface area (Å²) in [5, 5.41) is 2.77. The number of hydrogen-bond acceptors (Lipinski definition) is 3. The monoisotopic (exact) mass is 333 g/mol. The fraction of sp³-hybridized carbons (Fsp3) is 0.0909. The Morgan fingerprint density at radius 1 is 1.38 bits per heavy atom. The molecule has 1 aromatic carbocycles. The lowest BCUT2D eigenvalue weighted by atomic mass is 10.3. The lowest BCUT2D eigenvalue weighted by Gasteiger charge is -2.04. The van der Waals surface area contributed by atoms with Gasteiger partial charge < -0.3 is 5.73 Å². The fourth-order valence-electron chi connectivity index (χ4n) is 1.23. The molecular formula is C11H9BrClNS2. The third-order valence-electron chi connectivity index (χ3n) is 1.96. The molecule has 0 spiro atoms. The van der Waals surface area contributed by atoms with Crippen molar-refractivity contribution < 1.29 is 0 Å². The highest BCUT2D eigenvalue weighted by Crippen LogP contribution is 2.32. The van der Waals surface area contributed by atoms with Crippen LogP contribution >= 0.6 is 50.6 Å². The molecule has 2 aromatic rings. The van der Waals surface area contributed by atoms with Gasteiger partial charge in [0, 0.05) is 36.1 Å². The fourth-order valence-corrected chi connectivity index (χ4v) is 3.86. The molecule has 1 heterocycles. The van der Waals surface area contributed by atoms with Gasteiger partial charge in [0.05, 0.1) is 0 Å². The van der Waals surface area contributed by atoms with Gasteiger partial charge in [-0.2, -0.15) is 0 Å². The maximum Gasteiger partial charge on any atom is 0.0467 e. The number of hydrogen-bond donors (Lipinski definition) is 1. The molecular weight excluding hydrogens is 326 g/mol. The van der Waals surface area contributed by atoms with Crippen molar-refractivity contribution in [3.63, 3.8) is 0 Å². The largest absolute Gasteiger partial charge is 0.398 e. The molecule has 0 aliphatic carbocycles. The van der Waals surface area contributed by atoms with Crippen molar-refractivity contribution in [2.75, 3.05) is 5.73 Å². The van der Waals surface area contributed by atoms with Crippen molar-refractivity contribution in [3.8, 4) is 0 Å². The number of nitrogen functional groups attached to an aromatic ring is 1. The molecule has 0 radical (unpaired) electrons. The second kappa shape index (κ2) is 5.45. The Bertz CT molecular complexity index is 498. The average Bonchev–Trinajstić information content (AvgIpc) is 2.63. The highest BCUT2D eigenvalue weighted by atomic mass is 79.9. The normalized spacial score (nSPS) is 10.6. The maximum absolute atomic E-state index is 5.88. The summed E-state index contributed by atoms with van der Waals surface area (Å²) in [6.45, 7) is 0. The first-order valence-corrected chi connectivity index (χ1v) is 7.59. The van der Waals surface area contributed by atoms with E-state index in [4.69, 9.17) is 17.3 Å². The van der Waals surface area contributed by atoms with E-state index in [0.29, 0.717) is 5.02 Å². The molecule has 2 rings (SSSR count). The van der Waals surface area contributed by atoms with Crippen LogP contribution in [0.15, 0.2) is 39.0 Å². The molecule has 1 nitrogen and oxygen atoms in total. The number of anilines is 1. The summed E-state index contributed by atoms with van der Waals surface area (Å²) in [5.41, 5.74) is 6.62. The Morgan fingerprint density at radius 3 is 2.81 bits per heavy atom. The Morgan fingerprint density at radius 2 is 2.19 bits per heavy atom. The van der Waals surface area contributed by atoms with Gasteiger partial charge in [0.25, 0.3) is 0 Å². The van der Waals surface area contributed by atoms with Gasteiger partial charge >= 0.3 is 0 Å². The predicted molar refractivity (Wildman–Crippen MR) is 77.4 cm³/mol. The van der Waals surface area contributed by atoms with E-state index in [0.717, 1.165) is 20.8 Å². The van der Waals surface area contributed by atoms with E-state index < -0.39 is 0 Å². The van der Waals surface area contributed by atoms with E-state index in [9.17, 15) is 0 Å². The van der Waals surface area contributed by atoms with Gasteiger partial charge in [0.1, 0.15) is 0 Å². The first-order valence-electron chi connectivity index (χ1n) is 4.56. The Hall–Kier alpha value is -0.160. The van der Waals surface area contributed by atoms with E-state index in [1.165, 1.54) is 4.88 Å². The Kier molecular flexibility index (Phi) is 4.19. The van der Waals surface area contributed by atoms with E-state index in [2.05, 4.69) is 27.4 Å². The zero-order chi connectivity index (χ0) is 11.5. The highest BCUT2D eigenvalue weighted by molar-refractivity contribution is 9.10. The number of thioether (sulfide) groups is 1. The van der Waals surface area contributed by atoms with Crippen LogP contribution in [0.5, 0.6) is 0 Å². The lowest BCUT2D eigenvalue weighted by molar-refractivity contribution is 1.43. The molecule has 0 saturated heterocycles. The third-order valence-corrected chi connectivity index (χ3v) is 5.22. The van der Waals surface area contributed by atoms with Crippen molar-refractivity contribution in [2.24, 2.45) is 0 Å². The van der Waals surface area contributed by atoms with E-state index in [1.807, 2.05) is 12.1 Å². The molecule has 2 N–H and O–H groups in total. The molecule has 0 saturated carbocycles. The second-order valence-electron chi connectivity index (χ2n) is 3.20. The van der Waals surface area contributed by atoms with Crippen LogP contribution in [0.4, 0.5) is 5.69 Å².